The Morgan fingerprint density at radius 1 is 1.30 bits per heavy atom. The minimum atomic E-state index is 0.0311. The molecule has 0 N–H and O–H groups in total. The summed E-state index contributed by atoms with van der Waals surface area (Å²) in [5.74, 6) is 0.391. The predicted molar refractivity (Wildman–Crippen MR) is 77.7 cm³/mol. The van der Waals surface area contributed by atoms with E-state index in [0.29, 0.717) is 18.3 Å². The van der Waals surface area contributed by atoms with Gasteiger partial charge in [-0.3, -0.25) is 9.78 Å². The van der Waals surface area contributed by atoms with E-state index in [4.69, 9.17) is 4.74 Å². The second kappa shape index (κ2) is 6.49. The fraction of sp³-hybridized carbons (Fsp3) is 0.647. The molecule has 1 aliphatic carbocycles. The highest BCUT2D eigenvalue weighted by atomic mass is 16.5. The summed E-state index contributed by atoms with van der Waals surface area (Å²) in [4.78, 5) is 17.0. The van der Waals surface area contributed by atoms with Crippen LogP contribution in [0.5, 0.6) is 0 Å². The molecule has 2 aliphatic rings. The van der Waals surface area contributed by atoms with E-state index < -0.39 is 0 Å². The van der Waals surface area contributed by atoms with Gasteiger partial charge >= 0.3 is 0 Å². The Morgan fingerprint density at radius 2 is 2.25 bits per heavy atom. The molecule has 0 saturated carbocycles. The van der Waals surface area contributed by atoms with E-state index in [-0.39, 0.29) is 5.92 Å². The molecule has 1 saturated heterocycles. The zero-order valence-electron chi connectivity index (χ0n) is 12.0. The summed E-state index contributed by atoms with van der Waals surface area (Å²) < 4.78 is 5.72. The predicted octanol–water partition coefficient (Wildman–Crippen LogP) is 3.42. The van der Waals surface area contributed by atoms with Gasteiger partial charge in [0.15, 0.2) is 0 Å². The van der Waals surface area contributed by atoms with E-state index in [2.05, 4.69) is 11.1 Å². The van der Waals surface area contributed by atoms with E-state index >= 15 is 0 Å². The van der Waals surface area contributed by atoms with Crippen LogP contribution < -0.4 is 0 Å². The number of ketones is 1. The topological polar surface area (TPSA) is 39.2 Å². The first-order chi connectivity index (χ1) is 9.84. The molecule has 0 aromatic carbocycles. The molecule has 1 aromatic rings. The highest BCUT2D eigenvalue weighted by Gasteiger charge is 2.27. The maximum absolute atomic E-state index is 12.5. The molecule has 20 heavy (non-hydrogen) atoms. The van der Waals surface area contributed by atoms with Crippen LogP contribution in [0.1, 0.15) is 62.1 Å². The van der Waals surface area contributed by atoms with Crippen molar-refractivity contribution in [2.45, 2.75) is 63.4 Å². The van der Waals surface area contributed by atoms with Gasteiger partial charge < -0.3 is 4.74 Å². The Kier molecular flexibility index (Phi) is 4.46. The molecule has 1 fully saturated rings. The van der Waals surface area contributed by atoms with Crippen molar-refractivity contribution in [2.75, 3.05) is 6.61 Å². The van der Waals surface area contributed by atoms with Crippen LogP contribution in [0.15, 0.2) is 18.3 Å². The fourth-order valence-corrected chi connectivity index (χ4v) is 3.44. The van der Waals surface area contributed by atoms with Crippen molar-refractivity contribution in [3.05, 3.63) is 29.6 Å². The molecule has 108 valence electrons. The number of aryl methyl sites for hydroxylation is 1. The summed E-state index contributed by atoms with van der Waals surface area (Å²) in [5, 5.41) is 0. The molecule has 0 bridgehead atoms. The molecular formula is C17H23NO2. The lowest BCUT2D eigenvalue weighted by Gasteiger charge is -2.25. The number of hydrogen-bond donors (Lipinski definition) is 0. The van der Waals surface area contributed by atoms with Crippen molar-refractivity contribution in [3.8, 4) is 0 Å². The third-order valence-electron chi connectivity index (χ3n) is 4.57. The third-order valence-corrected chi connectivity index (χ3v) is 4.57. The van der Waals surface area contributed by atoms with Gasteiger partial charge in [-0.1, -0.05) is 6.07 Å². The Labute approximate surface area is 120 Å². The number of Topliss-reactive ketones (excluding diaryl/α,β-unsaturated/α-hetero) is 1. The first kappa shape index (κ1) is 13.7. The summed E-state index contributed by atoms with van der Waals surface area (Å²) >= 11 is 0. The molecule has 1 aromatic heterocycles. The number of aromatic nitrogens is 1. The Morgan fingerprint density at radius 3 is 3.10 bits per heavy atom. The molecule has 1 aliphatic heterocycles. The van der Waals surface area contributed by atoms with Crippen LogP contribution in [0.2, 0.25) is 0 Å². The summed E-state index contributed by atoms with van der Waals surface area (Å²) in [5.41, 5.74) is 2.30. The van der Waals surface area contributed by atoms with E-state index in [0.717, 1.165) is 44.4 Å². The van der Waals surface area contributed by atoms with Gasteiger partial charge in [0.25, 0.3) is 0 Å². The number of pyridine rings is 1. The van der Waals surface area contributed by atoms with Crippen molar-refractivity contribution in [1.29, 1.82) is 0 Å². The van der Waals surface area contributed by atoms with Crippen molar-refractivity contribution in [1.82, 2.24) is 4.98 Å². The standard InChI is InChI=1S/C17H23NO2/c19-16(10-9-14-7-1-2-12-20-14)15-8-3-5-13-6-4-11-18-17(13)15/h4,6,11,14-15H,1-3,5,7-10,12H2. The van der Waals surface area contributed by atoms with Crippen LogP contribution in [0.25, 0.3) is 0 Å². The number of nitrogens with zero attached hydrogens (tertiary/aromatic N) is 1. The maximum atomic E-state index is 12.5. The van der Waals surface area contributed by atoms with Crippen molar-refractivity contribution < 1.29 is 9.53 Å². The average molecular weight is 273 g/mol. The Hall–Kier alpha value is -1.22. The smallest absolute Gasteiger partial charge is 0.142 e. The number of rotatable bonds is 4. The molecule has 0 radical (unpaired) electrons. The summed E-state index contributed by atoms with van der Waals surface area (Å²) in [6.07, 6.45) is 10.3. The molecule has 3 heteroatoms. The SMILES string of the molecule is O=C(CCC1CCCCO1)C1CCCc2cccnc21. The lowest BCUT2D eigenvalue weighted by atomic mass is 9.82. The zero-order valence-corrected chi connectivity index (χ0v) is 12.0. The van der Waals surface area contributed by atoms with Crippen molar-refractivity contribution in [2.24, 2.45) is 0 Å². The number of hydrogen-bond acceptors (Lipinski definition) is 3. The monoisotopic (exact) mass is 273 g/mol. The first-order valence-corrected chi connectivity index (χ1v) is 7.92. The number of fused-ring (bicyclic) bond motifs is 1. The highest BCUT2D eigenvalue weighted by molar-refractivity contribution is 5.85. The lowest BCUT2D eigenvalue weighted by molar-refractivity contribution is -0.121. The largest absolute Gasteiger partial charge is 0.378 e. The van der Waals surface area contributed by atoms with Gasteiger partial charge in [-0.2, -0.15) is 0 Å². The van der Waals surface area contributed by atoms with Gasteiger partial charge in [-0.25, -0.2) is 0 Å². The van der Waals surface area contributed by atoms with E-state index in [9.17, 15) is 4.79 Å². The Balaban J connectivity index is 1.60. The molecule has 3 nitrogen and oxygen atoms in total. The van der Waals surface area contributed by atoms with Gasteiger partial charge in [-0.15, -0.1) is 0 Å². The Bertz CT molecular complexity index is 466. The third kappa shape index (κ3) is 3.09. The van der Waals surface area contributed by atoms with Crippen molar-refractivity contribution >= 4 is 5.78 Å². The number of carbonyl (C=O) groups is 1. The zero-order chi connectivity index (χ0) is 13.8. The van der Waals surface area contributed by atoms with Crippen molar-refractivity contribution in [3.63, 3.8) is 0 Å². The van der Waals surface area contributed by atoms with Crippen LogP contribution in [0, 0.1) is 0 Å². The molecule has 3 rings (SSSR count). The fourth-order valence-electron chi connectivity index (χ4n) is 3.44. The highest BCUT2D eigenvalue weighted by Crippen LogP contribution is 2.32. The minimum Gasteiger partial charge on any atom is -0.378 e. The average Bonchev–Trinajstić information content (AvgIpc) is 2.53. The second-order valence-electron chi connectivity index (χ2n) is 5.99. The molecule has 0 spiro atoms. The lowest BCUT2D eigenvalue weighted by Crippen LogP contribution is -2.23. The van der Waals surface area contributed by atoms with Crippen LogP contribution in [0.4, 0.5) is 0 Å². The number of carbonyl (C=O) groups excluding carboxylic acids is 1. The van der Waals surface area contributed by atoms with Crippen LogP contribution in [-0.4, -0.2) is 23.5 Å². The summed E-state index contributed by atoms with van der Waals surface area (Å²) in [7, 11) is 0. The van der Waals surface area contributed by atoms with Gasteiger partial charge in [0.05, 0.1) is 17.7 Å². The van der Waals surface area contributed by atoms with E-state index in [1.54, 1.807) is 0 Å². The number of ether oxygens (including phenoxy) is 1. The summed E-state index contributed by atoms with van der Waals surface area (Å²) in [6, 6.07) is 4.09. The molecule has 2 heterocycles. The maximum Gasteiger partial charge on any atom is 0.142 e. The van der Waals surface area contributed by atoms with Crippen LogP contribution >= 0.6 is 0 Å². The van der Waals surface area contributed by atoms with Crippen LogP contribution in [-0.2, 0) is 16.0 Å². The molecular weight excluding hydrogens is 250 g/mol. The minimum absolute atomic E-state index is 0.0311. The second-order valence-corrected chi connectivity index (χ2v) is 5.99. The van der Waals surface area contributed by atoms with Gasteiger partial charge in [-0.05, 0) is 56.6 Å². The van der Waals surface area contributed by atoms with Gasteiger partial charge in [0, 0.05) is 19.2 Å². The van der Waals surface area contributed by atoms with E-state index in [1.165, 1.54) is 18.4 Å². The van der Waals surface area contributed by atoms with Gasteiger partial charge in [0.2, 0.25) is 0 Å². The van der Waals surface area contributed by atoms with Crippen LogP contribution in [0.3, 0.4) is 0 Å². The van der Waals surface area contributed by atoms with Gasteiger partial charge in [0.1, 0.15) is 5.78 Å². The molecule has 2 unspecified atom stereocenters. The summed E-state index contributed by atoms with van der Waals surface area (Å²) in [6.45, 7) is 0.868. The van der Waals surface area contributed by atoms with E-state index in [1.807, 2.05) is 12.3 Å². The first-order valence-electron chi connectivity index (χ1n) is 7.92. The molecule has 0 amide bonds. The quantitative estimate of drug-likeness (QED) is 0.843. The normalized spacial score (nSPS) is 26.0. The molecule has 2 atom stereocenters.